The fourth-order valence-electron chi connectivity index (χ4n) is 1.92. The van der Waals surface area contributed by atoms with Crippen molar-refractivity contribution in [3.8, 4) is 0 Å². The van der Waals surface area contributed by atoms with Gasteiger partial charge >= 0.3 is 0 Å². The smallest absolute Gasteiger partial charge is 0.00854 e. The number of hydrogen-bond donors (Lipinski definition) is 0. The van der Waals surface area contributed by atoms with Gasteiger partial charge in [-0.2, -0.15) is 0 Å². The maximum atomic E-state index is 4.07. The summed E-state index contributed by atoms with van der Waals surface area (Å²) in [6.07, 6.45) is 5.49. The molecule has 0 saturated carbocycles. The Kier molecular flexibility index (Phi) is 2.82. The second-order valence-electron chi connectivity index (χ2n) is 4.59. The van der Waals surface area contributed by atoms with Gasteiger partial charge in [0, 0.05) is 0 Å². The first kappa shape index (κ1) is 10.9. The van der Waals surface area contributed by atoms with Crippen LogP contribution < -0.4 is 0 Å². The van der Waals surface area contributed by atoms with E-state index in [0.29, 0.717) is 0 Å². The van der Waals surface area contributed by atoms with Crippen molar-refractivity contribution in [2.75, 3.05) is 0 Å². The van der Waals surface area contributed by atoms with Gasteiger partial charge < -0.3 is 0 Å². The van der Waals surface area contributed by atoms with Crippen molar-refractivity contribution in [1.29, 1.82) is 0 Å². The number of rotatable bonds is 1. The summed E-state index contributed by atoms with van der Waals surface area (Å²) in [7, 11) is 0. The molecule has 0 saturated heterocycles. The van der Waals surface area contributed by atoms with Crippen molar-refractivity contribution < 1.29 is 0 Å². The van der Waals surface area contributed by atoms with Gasteiger partial charge in [0.25, 0.3) is 0 Å². The molecule has 0 unspecified atom stereocenters. The quantitative estimate of drug-likeness (QED) is 0.635. The molecule has 0 spiro atoms. The minimum absolute atomic E-state index is 1.02. The van der Waals surface area contributed by atoms with E-state index in [1.807, 2.05) is 0 Å². The first-order valence-corrected chi connectivity index (χ1v) is 5.72. The second-order valence-corrected chi connectivity index (χ2v) is 4.59. The lowest BCUT2D eigenvalue weighted by Crippen LogP contribution is -1.94. The molecule has 1 aliphatic rings. The van der Waals surface area contributed by atoms with Crippen LogP contribution in [0.3, 0.4) is 0 Å². The molecule has 1 aromatic rings. The van der Waals surface area contributed by atoms with E-state index in [1.54, 1.807) is 0 Å². The van der Waals surface area contributed by atoms with Gasteiger partial charge in [-0.25, -0.2) is 0 Å². The average Bonchev–Trinajstić information content (AvgIpc) is 2.26. The summed E-state index contributed by atoms with van der Waals surface area (Å²) in [6, 6.07) is 6.67. The Labute approximate surface area is 98.0 Å². The first-order valence-electron chi connectivity index (χ1n) is 5.72. The van der Waals surface area contributed by atoms with Crippen molar-refractivity contribution >= 4 is 5.57 Å². The molecule has 1 aliphatic carbocycles. The van der Waals surface area contributed by atoms with Crippen LogP contribution in [0.1, 0.15) is 30.0 Å². The third-order valence-electron chi connectivity index (χ3n) is 3.36. The Bertz CT molecular complexity index is 499. The van der Waals surface area contributed by atoms with Gasteiger partial charge in [0.1, 0.15) is 0 Å². The minimum atomic E-state index is 1.02. The SMILES string of the molecule is C=C1C=C(c2ccc(C)c(C)c2)CC=C1C. The van der Waals surface area contributed by atoms with Crippen LogP contribution in [0.15, 0.2) is 48.1 Å². The Morgan fingerprint density at radius 3 is 2.44 bits per heavy atom. The molecular weight excluding hydrogens is 192 g/mol. The van der Waals surface area contributed by atoms with Gasteiger partial charge in [0.05, 0.1) is 0 Å². The lowest BCUT2D eigenvalue weighted by atomic mass is 9.91. The fraction of sp³-hybridized carbons (Fsp3) is 0.250. The van der Waals surface area contributed by atoms with E-state index in [0.717, 1.165) is 12.0 Å². The lowest BCUT2D eigenvalue weighted by Gasteiger charge is -2.14. The van der Waals surface area contributed by atoms with Crippen LogP contribution >= 0.6 is 0 Å². The lowest BCUT2D eigenvalue weighted by molar-refractivity contribution is 1.25. The van der Waals surface area contributed by atoms with Crippen LogP contribution in [-0.2, 0) is 0 Å². The summed E-state index contributed by atoms with van der Waals surface area (Å²) < 4.78 is 0. The Balaban J connectivity index is 2.36. The van der Waals surface area contributed by atoms with Gasteiger partial charge in [0.2, 0.25) is 0 Å². The van der Waals surface area contributed by atoms with E-state index in [4.69, 9.17) is 0 Å². The molecule has 0 bridgehead atoms. The summed E-state index contributed by atoms with van der Waals surface area (Å²) >= 11 is 0. The first-order chi connectivity index (χ1) is 7.58. The Morgan fingerprint density at radius 2 is 1.81 bits per heavy atom. The van der Waals surface area contributed by atoms with Gasteiger partial charge in [-0.15, -0.1) is 0 Å². The van der Waals surface area contributed by atoms with Crippen LogP contribution in [0, 0.1) is 13.8 Å². The monoisotopic (exact) mass is 210 g/mol. The molecular formula is C16H18. The molecule has 16 heavy (non-hydrogen) atoms. The van der Waals surface area contributed by atoms with E-state index in [2.05, 4.69) is 57.7 Å². The van der Waals surface area contributed by atoms with Crippen molar-refractivity contribution in [3.63, 3.8) is 0 Å². The highest BCUT2D eigenvalue weighted by molar-refractivity contribution is 5.73. The highest BCUT2D eigenvalue weighted by Crippen LogP contribution is 2.29. The third kappa shape index (κ3) is 2.01. The van der Waals surface area contributed by atoms with Crippen molar-refractivity contribution in [1.82, 2.24) is 0 Å². The van der Waals surface area contributed by atoms with Crippen LogP contribution in [-0.4, -0.2) is 0 Å². The van der Waals surface area contributed by atoms with E-state index in [-0.39, 0.29) is 0 Å². The summed E-state index contributed by atoms with van der Waals surface area (Å²) in [6.45, 7) is 10.5. The molecule has 1 aromatic carbocycles. The van der Waals surface area contributed by atoms with E-state index < -0.39 is 0 Å². The Hall–Kier alpha value is -1.56. The molecule has 0 heteroatoms. The maximum Gasteiger partial charge on any atom is -0.00854 e. The molecule has 0 aromatic heterocycles. The molecule has 0 N–H and O–H groups in total. The molecule has 0 atom stereocenters. The highest BCUT2D eigenvalue weighted by Gasteiger charge is 2.08. The fourth-order valence-corrected chi connectivity index (χ4v) is 1.92. The zero-order valence-corrected chi connectivity index (χ0v) is 10.3. The van der Waals surface area contributed by atoms with Crippen molar-refractivity contribution in [2.24, 2.45) is 0 Å². The predicted molar refractivity (Wildman–Crippen MR) is 71.4 cm³/mol. The van der Waals surface area contributed by atoms with Gasteiger partial charge in [-0.05, 0) is 60.6 Å². The van der Waals surface area contributed by atoms with Crippen LogP contribution in [0.25, 0.3) is 5.57 Å². The second kappa shape index (κ2) is 4.13. The van der Waals surface area contributed by atoms with Gasteiger partial charge in [-0.1, -0.05) is 36.9 Å². The van der Waals surface area contributed by atoms with E-state index in [9.17, 15) is 0 Å². The predicted octanol–water partition coefficient (Wildman–Crippen LogP) is 4.59. The molecule has 0 radical (unpaired) electrons. The zero-order chi connectivity index (χ0) is 11.7. The molecule has 82 valence electrons. The maximum absolute atomic E-state index is 4.07. The number of allylic oxidation sites excluding steroid dienone is 5. The molecule has 0 amide bonds. The average molecular weight is 210 g/mol. The minimum Gasteiger partial charge on any atom is -0.0915 e. The van der Waals surface area contributed by atoms with Crippen molar-refractivity contribution in [3.05, 3.63) is 64.8 Å². The molecule has 0 fully saturated rings. The van der Waals surface area contributed by atoms with Gasteiger partial charge in [0.15, 0.2) is 0 Å². The summed E-state index contributed by atoms with van der Waals surface area (Å²) in [5.41, 5.74) is 7.85. The van der Waals surface area contributed by atoms with E-state index in [1.165, 1.54) is 27.8 Å². The topological polar surface area (TPSA) is 0 Å². The van der Waals surface area contributed by atoms with Crippen LogP contribution in [0.4, 0.5) is 0 Å². The molecule has 0 heterocycles. The number of hydrogen-bond acceptors (Lipinski definition) is 0. The van der Waals surface area contributed by atoms with Gasteiger partial charge in [-0.3, -0.25) is 0 Å². The highest BCUT2D eigenvalue weighted by atomic mass is 14.1. The van der Waals surface area contributed by atoms with Crippen LogP contribution in [0.5, 0.6) is 0 Å². The Morgan fingerprint density at radius 1 is 1.06 bits per heavy atom. The molecule has 0 nitrogen and oxygen atoms in total. The third-order valence-corrected chi connectivity index (χ3v) is 3.36. The standard InChI is InChI=1S/C16H18/c1-11-5-7-15(9-13(11)3)16-8-6-12(2)14(4)10-16/h5-6,8-10H,3,7H2,1-2,4H3. The number of benzene rings is 1. The molecule has 2 rings (SSSR count). The summed E-state index contributed by atoms with van der Waals surface area (Å²) in [4.78, 5) is 0. The molecule has 0 aliphatic heterocycles. The normalized spacial score (nSPS) is 15.8. The summed E-state index contributed by atoms with van der Waals surface area (Å²) in [5.74, 6) is 0. The number of aryl methyl sites for hydroxylation is 2. The van der Waals surface area contributed by atoms with Crippen molar-refractivity contribution in [2.45, 2.75) is 27.2 Å². The van der Waals surface area contributed by atoms with Crippen LogP contribution in [0.2, 0.25) is 0 Å². The summed E-state index contributed by atoms with van der Waals surface area (Å²) in [5, 5.41) is 0. The van der Waals surface area contributed by atoms with E-state index >= 15 is 0 Å². The largest absolute Gasteiger partial charge is 0.0915 e. The zero-order valence-electron chi connectivity index (χ0n) is 10.3.